The molecule has 2 amide bonds. The number of nitrogens with two attached hydrogens (primary N) is 1. The average molecular weight is 441 g/mol. The molecule has 3 N–H and O–H groups in total. The molecule has 0 atom stereocenters. The number of carbonyl (C=O) groups excluding carboxylic acids is 2. The van der Waals surface area contributed by atoms with Crippen LogP contribution in [0.15, 0.2) is 24.3 Å². The molecule has 2 aliphatic rings. The maximum absolute atomic E-state index is 13.2. The Labute approximate surface area is 187 Å². The van der Waals surface area contributed by atoms with Gasteiger partial charge in [0.1, 0.15) is 11.2 Å². The predicted molar refractivity (Wildman–Crippen MR) is 121 cm³/mol. The van der Waals surface area contributed by atoms with Crippen molar-refractivity contribution in [3.8, 4) is 0 Å². The van der Waals surface area contributed by atoms with Crippen LogP contribution in [0.5, 0.6) is 0 Å². The third-order valence-corrected chi connectivity index (χ3v) is 7.29. The fourth-order valence-electron chi connectivity index (χ4n) is 5.56. The lowest BCUT2D eigenvalue weighted by Crippen LogP contribution is -2.63. The summed E-state index contributed by atoms with van der Waals surface area (Å²) in [6.07, 6.45) is 4.39. The topological polar surface area (TPSA) is 109 Å². The molecule has 3 heterocycles. The van der Waals surface area contributed by atoms with Crippen LogP contribution in [0.1, 0.15) is 55.1 Å². The van der Waals surface area contributed by atoms with E-state index in [1.54, 1.807) is 9.47 Å². The smallest absolute Gasteiger partial charge is 0.352 e. The van der Waals surface area contributed by atoms with Gasteiger partial charge in [-0.05, 0) is 51.8 Å². The number of primary amides is 1. The molecule has 0 bridgehead atoms. The number of benzene rings is 1. The molecule has 0 saturated carbocycles. The number of rotatable bonds is 6. The van der Waals surface area contributed by atoms with Gasteiger partial charge in [-0.15, -0.1) is 0 Å². The Kier molecular flexibility index (Phi) is 6.24. The van der Waals surface area contributed by atoms with Crippen molar-refractivity contribution in [3.63, 3.8) is 0 Å². The Morgan fingerprint density at radius 1 is 1.03 bits per heavy atom. The molecule has 0 unspecified atom stereocenters. The summed E-state index contributed by atoms with van der Waals surface area (Å²) < 4.78 is 1.75. The van der Waals surface area contributed by atoms with E-state index in [9.17, 15) is 19.5 Å². The number of fused-ring (bicyclic) bond motifs is 1. The molecule has 1 aromatic heterocycles. The van der Waals surface area contributed by atoms with E-state index in [0.29, 0.717) is 38.0 Å². The van der Waals surface area contributed by atoms with Crippen LogP contribution in [-0.4, -0.2) is 69.0 Å². The summed E-state index contributed by atoms with van der Waals surface area (Å²) >= 11 is 0. The van der Waals surface area contributed by atoms with Gasteiger partial charge in [0.2, 0.25) is 11.8 Å². The molecule has 172 valence electrons. The Balaban J connectivity index is 1.55. The summed E-state index contributed by atoms with van der Waals surface area (Å²) in [6.45, 7) is 5.06. The van der Waals surface area contributed by atoms with Gasteiger partial charge in [0.15, 0.2) is 0 Å². The van der Waals surface area contributed by atoms with Crippen molar-refractivity contribution in [1.82, 2.24) is 14.4 Å². The Morgan fingerprint density at radius 3 is 2.28 bits per heavy atom. The lowest BCUT2D eigenvalue weighted by atomic mass is 9.83. The molecule has 2 fully saturated rings. The van der Waals surface area contributed by atoms with Gasteiger partial charge in [0.25, 0.3) is 0 Å². The molecule has 1 aromatic carbocycles. The zero-order chi connectivity index (χ0) is 22.9. The van der Waals surface area contributed by atoms with Crippen LogP contribution in [-0.2, 0) is 22.6 Å². The molecule has 8 nitrogen and oxygen atoms in total. The Bertz CT molecular complexity index is 1030. The summed E-state index contributed by atoms with van der Waals surface area (Å²) in [4.78, 5) is 41.7. The minimum atomic E-state index is -1.03. The molecule has 0 radical (unpaired) electrons. The van der Waals surface area contributed by atoms with Crippen LogP contribution in [0, 0.1) is 0 Å². The maximum atomic E-state index is 13.2. The number of hydrogen-bond donors (Lipinski definition) is 2. The zero-order valence-corrected chi connectivity index (χ0v) is 18.7. The minimum Gasteiger partial charge on any atom is -0.477 e. The van der Waals surface area contributed by atoms with E-state index < -0.39 is 11.5 Å². The summed E-state index contributed by atoms with van der Waals surface area (Å²) in [5.74, 6) is -1.43. The summed E-state index contributed by atoms with van der Waals surface area (Å²) in [5, 5.41) is 10.7. The molecule has 8 heteroatoms. The van der Waals surface area contributed by atoms with E-state index in [2.05, 4.69) is 4.90 Å². The first-order valence-electron chi connectivity index (χ1n) is 11.5. The molecule has 32 heavy (non-hydrogen) atoms. The highest BCUT2D eigenvalue weighted by Crippen LogP contribution is 2.33. The number of likely N-dealkylation sites (tertiary alicyclic amines) is 2. The Hall–Kier alpha value is -2.87. The Morgan fingerprint density at radius 2 is 1.69 bits per heavy atom. The van der Waals surface area contributed by atoms with E-state index in [0.717, 1.165) is 36.8 Å². The maximum Gasteiger partial charge on any atom is 0.352 e. The number of carboxylic acids is 1. The molecule has 0 aliphatic carbocycles. The molecular weight excluding hydrogens is 408 g/mol. The van der Waals surface area contributed by atoms with E-state index in [4.69, 9.17) is 5.73 Å². The highest BCUT2D eigenvalue weighted by atomic mass is 16.4. The second-order valence-corrected chi connectivity index (χ2v) is 8.89. The number of carboxylic acid groups (broad SMARTS) is 1. The van der Waals surface area contributed by atoms with Gasteiger partial charge in [-0.3, -0.25) is 14.5 Å². The first-order chi connectivity index (χ1) is 15.4. The molecule has 2 aliphatic heterocycles. The molecular formula is C24H32N4O4. The van der Waals surface area contributed by atoms with Crippen molar-refractivity contribution in [3.05, 3.63) is 35.5 Å². The van der Waals surface area contributed by atoms with E-state index >= 15 is 0 Å². The van der Waals surface area contributed by atoms with Crippen molar-refractivity contribution in [2.24, 2.45) is 5.73 Å². The summed E-state index contributed by atoms with van der Waals surface area (Å²) in [6, 6.07) is 7.50. The lowest BCUT2D eigenvalue weighted by molar-refractivity contribution is -0.141. The van der Waals surface area contributed by atoms with Crippen LogP contribution in [0.4, 0.5) is 0 Å². The number of nitrogens with zero attached hydrogens (tertiary/aromatic N) is 3. The van der Waals surface area contributed by atoms with Gasteiger partial charge in [0.05, 0.1) is 6.42 Å². The quantitative estimate of drug-likeness (QED) is 0.716. The number of aromatic carboxylic acids is 1. The van der Waals surface area contributed by atoms with Gasteiger partial charge in [-0.2, -0.15) is 0 Å². The first kappa shape index (κ1) is 22.3. The highest BCUT2D eigenvalue weighted by Gasteiger charge is 2.45. The second-order valence-electron chi connectivity index (χ2n) is 8.89. The highest BCUT2D eigenvalue weighted by molar-refractivity contribution is 6.00. The lowest BCUT2D eigenvalue weighted by Gasteiger charge is -2.48. The van der Waals surface area contributed by atoms with Crippen LogP contribution >= 0.6 is 0 Å². The van der Waals surface area contributed by atoms with E-state index in [1.165, 1.54) is 6.42 Å². The zero-order valence-electron chi connectivity index (χ0n) is 18.7. The molecule has 2 aromatic rings. The van der Waals surface area contributed by atoms with Gasteiger partial charge in [-0.25, -0.2) is 4.79 Å². The SMILES string of the molecule is CCn1c(C(=O)O)c(CC(=O)N2CCC(C(N)=O)(N3CCCCC3)CC2)c2ccccc21. The third-order valence-electron chi connectivity index (χ3n) is 7.29. The number of para-hydroxylation sites is 1. The fraction of sp³-hybridized carbons (Fsp3) is 0.542. The van der Waals surface area contributed by atoms with Crippen LogP contribution in [0.25, 0.3) is 10.9 Å². The number of amides is 2. The van der Waals surface area contributed by atoms with Gasteiger partial charge in [-0.1, -0.05) is 24.6 Å². The first-order valence-corrected chi connectivity index (χ1v) is 11.5. The largest absolute Gasteiger partial charge is 0.477 e. The predicted octanol–water partition coefficient (Wildman–Crippen LogP) is 2.23. The van der Waals surface area contributed by atoms with E-state index in [-0.39, 0.29) is 23.9 Å². The number of carbonyl (C=O) groups is 3. The van der Waals surface area contributed by atoms with Crippen LogP contribution in [0.2, 0.25) is 0 Å². The van der Waals surface area contributed by atoms with Gasteiger partial charge < -0.3 is 20.3 Å². The molecule has 2 saturated heterocycles. The number of aryl methyl sites for hydroxylation is 1. The standard InChI is InChI=1S/C24H32N4O4/c1-2-28-19-9-5-4-8-17(19)18(21(28)22(30)31)16-20(29)26-14-10-24(11-15-26,23(25)32)27-12-6-3-7-13-27/h4-5,8-9H,2-3,6-7,10-16H2,1H3,(H2,25,32)(H,30,31). The van der Waals surface area contributed by atoms with Crippen molar-refractivity contribution in [2.45, 2.75) is 57.5 Å². The van der Waals surface area contributed by atoms with Crippen molar-refractivity contribution in [1.29, 1.82) is 0 Å². The minimum absolute atomic E-state index is 0.0302. The van der Waals surface area contributed by atoms with Crippen LogP contribution < -0.4 is 5.73 Å². The van der Waals surface area contributed by atoms with Crippen molar-refractivity contribution >= 4 is 28.7 Å². The number of piperidine rings is 2. The average Bonchev–Trinajstić information content (AvgIpc) is 3.13. The number of aromatic nitrogens is 1. The normalized spacial score (nSPS) is 19.2. The van der Waals surface area contributed by atoms with E-state index in [1.807, 2.05) is 31.2 Å². The monoisotopic (exact) mass is 440 g/mol. The summed E-state index contributed by atoms with van der Waals surface area (Å²) in [5.41, 5.74) is 6.74. The van der Waals surface area contributed by atoms with Gasteiger partial charge >= 0.3 is 5.97 Å². The molecule has 0 spiro atoms. The van der Waals surface area contributed by atoms with Gasteiger partial charge in [0, 0.05) is 36.1 Å². The van der Waals surface area contributed by atoms with Crippen molar-refractivity contribution < 1.29 is 19.5 Å². The summed E-state index contributed by atoms with van der Waals surface area (Å²) in [7, 11) is 0. The molecule has 4 rings (SSSR count). The van der Waals surface area contributed by atoms with Crippen molar-refractivity contribution in [2.75, 3.05) is 26.2 Å². The van der Waals surface area contributed by atoms with Crippen LogP contribution in [0.3, 0.4) is 0 Å². The third kappa shape index (κ3) is 3.77. The number of hydrogen-bond acceptors (Lipinski definition) is 4. The fourth-order valence-corrected chi connectivity index (χ4v) is 5.56. The second kappa shape index (κ2) is 8.94.